The van der Waals surface area contributed by atoms with Crippen LogP contribution in [0.4, 0.5) is 0 Å². The van der Waals surface area contributed by atoms with Crippen LogP contribution in [-0.2, 0) is 16.6 Å². The number of hydrogen-bond acceptors (Lipinski definition) is 5. The first-order valence-corrected chi connectivity index (χ1v) is 7.41. The molecule has 1 unspecified atom stereocenters. The third-order valence-electron chi connectivity index (χ3n) is 2.58. The van der Waals surface area contributed by atoms with Gasteiger partial charge in [-0.25, -0.2) is 13.6 Å². The van der Waals surface area contributed by atoms with Crippen molar-refractivity contribution < 1.29 is 17.9 Å². The van der Waals surface area contributed by atoms with Gasteiger partial charge in [0.15, 0.2) is 0 Å². The molecule has 18 heavy (non-hydrogen) atoms. The van der Waals surface area contributed by atoms with Crippen molar-refractivity contribution in [2.45, 2.75) is 31.4 Å². The van der Waals surface area contributed by atoms with Crippen LogP contribution in [0.5, 0.6) is 0 Å². The molecule has 0 aromatic carbocycles. The minimum absolute atomic E-state index is 0.204. The lowest BCUT2D eigenvalue weighted by Gasteiger charge is -2.07. The molecule has 104 valence electrons. The largest absolute Gasteiger partial charge is 0.447 e. The number of aliphatic hydroxyl groups excluding tert-OH is 1. The fourth-order valence-corrected chi connectivity index (χ4v) is 1.97. The van der Waals surface area contributed by atoms with E-state index >= 15 is 0 Å². The summed E-state index contributed by atoms with van der Waals surface area (Å²) in [4.78, 5) is 0. The Morgan fingerprint density at radius 3 is 2.78 bits per heavy atom. The molecule has 0 bridgehead atoms. The van der Waals surface area contributed by atoms with Crippen LogP contribution in [-0.4, -0.2) is 26.7 Å². The predicted molar refractivity (Wildman–Crippen MR) is 67.3 cm³/mol. The van der Waals surface area contributed by atoms with E-state index in [9.17, 15) is 8.42 Å². The molecule has 0 aliphatic carbocycles. The minimum Gasteiger partial charge on any atom is -0.447 e. The second-order valence-corrected chi connectivity index (χ2v) is 5.86. The first-order valence-electron chi connectivity index (χ1n) is 5.86. The predicted octanol–water partition coefficient (Wildman–Crippen LogP) is 0.425. The average molecular weight is 276 g/mol. The molecule has 1 heterocycles. The van der Waals surface area contributed by atoms with Crippen LogP contribution < -0.4 is 10.5 Å². The quantitative estimate of drug-likeness (QED) is 0.597. The summed E-state index contributed by atoms with van der Waals surface area (Å²) in [5, 5.41) is 16.7. The molecule has 0 aliphatic heterocycles. The Balaban J connectivity index is 2.26. The zero-order chi connectivity index (χ0) is 13.6. The lowest BCUT2D eigenvalue weighted by atomic mass is 10.1. The van der Waals surface area contributed by atoms with Gasteiger partial charge in [-0.3, -0.25) is 0 Å². The number of nitrogens with one attached hydrogen (secondary N) is 1. The number of furan rings is 1. The standard InChI is InChI=1S/C11H20N2O4S/c1-9(8-14)3-2-6-13-7-10-4-5-11(17-10)18(12,15)16/h4-5,9,13-14H,2-3,6-8H2,1H3,(H2,12,15,16). The van der Waals surface area contributed by atoms with E-state index in [0.29, 0.717) is 18.2 Å². The van der Waals surface area contributed by atoms with Gasteiger partial charge in [-0.2, -0.15) is 0 Å². The van der Waals surface area contributed by atoms with Crippen molar-refractivity contribution in [2.75, 3.05) is 13.2 Å². The van der Waals surface area contributed by atoms with E-state index in [4.69, 9.17) is 14.7 Å². The van der Waals surface area contributed by atoms with Crippen LogP contribution in [0, 0.1) is 5.92 Å². The molecular weight excluding hydrogens is 256 g/mol. The van der Waals surface area contributed by atoms with Crippen molar-refractivity contribution >= 4 is 10.0 Å². The van der Waals surface area contributed by atoms with Crippen molar-refractivity contribution in [1.82, 2.24) is 5.32 Å². The number of nitrogens with two attached hydrogens (primary N) is 1. The van der Waals surface area contributed by atoms with Crippen molar-refractivity contribution in [1.29, 1.82) is 0 Å². The van der Waals surface area contributed by atoms with Gasteiger partial charge in [0.2, 0.25) is 5.09 Å². The Kier molecular flexibility index (Phi) is 5.80. The molecule has 4 N–H and O–H groups in total. The van der Waals surface area contributed by atoms with Crippen molar-refractivity contribution in [3.8, 4) is 0 Å². The van der Waals surface area contributed by atoms with Crippen LogP contribution in [0.1, 0.15) is 25.5 Å². The van der Waals surface area contributed by atoms with Gasteiger partial charge in [-0.15, -0.1) is 0 Å². The van der Waals surface area contributed by atoms with Crippen LogP contribution in [0.3, 0.4) is 0 Å². The molecule has 0 aliphatic rings. The molecule has 0 spiro atoms. The molecule has 1 aromatic heterocycles. The zero-order valence-electron chi connectivity index (χ0n) is 10.4. The van der Waals surface area contributed by atoms with Crippen LogP contribution in [0.25, 0.3) is 0 Å². The van der Waals surface area contributed by atoms with Gasteiger partial charge in [0, 0.05) is 6.61 Å². The molecule has 1 rings (SSSR count). The summed E-state index contributed by atoms with van der Waals surface area (Å²) in [5.74, 6) is 0.846. The van der Waals surface area contributed by atoms with Gasteiger partial charge < -0.3 is 14.8 Å². The van der Waals surface area contributed by atoms with E-state index in [1.807, 2.05) is 6.92 Å². The van der Waals surface area contributed by atoms with E-state index in [1.54, 1.807) is 6.07 Å². The maximum atomic E-state index is 11.0. The van der Waals surface area contributed by atoms with Crippen LogP contribution >= 0.6 is 0 Å². The lowest BCUT2D eigenvalue weighted by molar-refractivity contribution is 0.228. The van der Waals surface area contributed by atoms with Gasteiger partial charge >= 0.3 is 0 Å². The second-order valence-electron chi connectivity index (χ2n) is 4.37. The maximum Gasteiger partial charge on any atom is 0.271 e. The van der Waals surface area contributed by atoms with Gasteiger partial charge in [-0.05, 0) is 37.4 Å². The van der Waals surface area contributed by atoms with Crippen molar-refractivity contribution in [2.24, 2.45) is 11.1 Å². The van der Waals surface area contributed by atoms with E-state index in [0.717, 1.165) is 19.4 Å². The number of sulfonamides is 1. The molecule has 0 fully saturated rings. The summed E-state index contributed by atoms with van der Waals surface area (Å²) in [6.45, 7) is 3.44. The molecule has 0 amide bonds. The number of hydrogen-bond donors (Lipinski definition) is 3. The average Bonchev–Trinajstić information content (AvgIpc) is 2.76. The smallest absolute Gasteiger partial charge is 0.271 e. The Labute approximate surface area is 107 Å². The van der Waals surface area contributed by atoms with Gasteiger partial charge in [0.1, 0.15) is 5.76 Å². The Morgan fingerprint density at radius 1 is 1.50 bits per heavy atom. The highest BCUT2D eigenvalue weighted by molar-refractivity contribution is 7.89. The van der Waals surface area contributed by atoms with Crippen molar-refractivity contribution in [3.05, 3.63) is 17.9 Å². The van der Waals surface area contributed by atoms with E-state index in [1.165, 1.54) is 6.07 Å². The summed E-state index contributed by atoms with van der Waals surface area (Å²) < 4.78 is 27.0. The summed E-state index contributed by atoms with van der Waals surface area (Å²) in [5.41, 5.74) is 0. The normalized spacial score (nSPS) is 13.7. The molecule has 0 saturated carbocycles. The third-order valence-corrected chi connectivity index (χ3v) is 3.36. The summed E-state index contributed by atoms with van der Waals surface area (Å²) in [6, 6.07) is 2.93. The summed E-state index contributed by atoms with van der Waals surface area (Å²) >= 11 is 0. The van der Waals surface area contributed by atoms with E-state index in [2.05, 4.69) is 5.32 Å². The number of aliphatic hydroxyl groups is 1. The lowest BCUT2D eigenvalue weighted by Crippen LogP contribution is -2.15. The van der Waals surface area contributed by atoms with Gasteiger partial charge in [0.25, 0.3) is 10.0 Å². The van der Waals surface area contributed by atoms with Gasteiger partial charge in [-0.1, -0.05) is 6.92 Å². The Morgan fingerprint density at radius 2 is 2.22 bits per heavy atom. The summed E-state index contributed by atoms with van der Waals surface area (Å²) in [7, 11) is -3.75. The molecule has 0 radical (unpaired) electrons. The minimum atomic E-state index is -3.75. The molecule has 7 heteroatoms. The van der Waals surface area contributed by atoms with Crippen molar-refractivity contribution in [3.63, 3.8) is 0 Å². The first-order chi connectivity index (χ1) is 8.43. The highest BCUT2D eigenvalue weighted by atomic mass is 32.2. The zero-order valence-corrected chi connectivity index (χ0v) is 11.2. The molecule has 0 saturated heterocycles. The van der Waals surface area contributed by atoms with Crippen LogP contribution in [0.2, 0.25) is 0 Å². The monoisotopic (exact) mass is 276 g/mol. The SMILES string of the molecule is CC(CO)CCCNCc1ccc(S(N)(=O)=O)o1. The Bertz CT molecular complexity index is 455. The topological polar surface area (TPSA) is 106 Å². The molecule has 1 atom stereocenters. The third kappa shape index (κ3) is 5.18. The molecular formula is C11H20N2O4S. The maximum absolute atomic E-state index is 11.0. The van der Waals surface area contributed by atoms with E-state index in [-0.39, 0.29) is 11.7 Å². The number of primary sulfonamides is 1. The highest BCUT2D eigenvalue weighted by Gasteiger charge is 2.12. The van der Waals surface area contributed by atoms with Crippen LogP contribution in [0.15, 0.2) is 21.6 Å². The fourth-order valence-electron chi connectivity index (χ4n) is 1.48. The molecule has 1 aromatic rings. The first kappa shape index (κ1) is 15.2. The summed E-state index contributed by atoms with van der Waals surface area (Å²) in [6.07, 6.45) is 1.90. The van der Waals surface area contributed by atoms with Gasteiger partial charge in [0.05, 0.1) is 6.54 Å². The second kappa shape index (κ2) is 6.89. The molecule has 6 nitrogen and oxygen atoms in total. The Hall–Kier alpha value is -0.890. The number of rotatable bonds is 8. The highest BCUT2D eigenvalue weighted by Crippen LogP contribution is 2.11. The fraction of sp³-hybridized carbons (Fsp3) is 0.636. The van der Waals surface area contributed by atoms with E-state index < -0.39 is 10.0 Å².